The van der Waals surface area contributed by atoms with Crippen molar-refractivity contribution in [2.75, 3.05) is 4.90 Å². The zero-order valence-electron chi connectivity index (χ0n) is 34.0. The number of rotatable bonds is 4. The van der Waals surface area contributed by atoms with Crippen LogP contribution in [0.1, 0.15) is 22.3 Å². The Morgan fingerprint density at radius 3 is 1.90 bits per heavy atom. The highest BCUT2D eigenvalue weighted by Gasteiger charge is 2.49. The lowest BCUT2D eigenvalue weighted by molar-refractivity contribution is 0.435. The second-order valence-electron chi connectivity index (χ2n) is 16.8. The normalized spacial score (nSPS) is 14.9. The average molecular weight is 805 g/mol. The quantitative estimate of drug-likeness (QED) is 0.178. The Bertz CT molecular complexity index is 3850. The molecule has 294 valence electrons. The van der Waals surface area contributed by atoms with Crippen LogP contribution >= 0.6 is 0 Å². The monoisotopic (exact) mass is 804 g/mol. The summed E-state index contributed by atoms with van der Waals surface area (Å²) in [6, 6.07) is 79.1. The molecule has 0 amide bonds. The molecule has 1 spiro atoms. The largest absolute Gasteiger partial charge is 0.457 e. The fourth-order valence-electron chi connectivity index (χ4n) is 11.1. The van der Waals surface area contributed by atoms with Crippen molar-refractivity contribution in [2.24, 2.45) is 0 Å². The third-order valence-electron chi connectivity index (χ3n) is 13.6. The van der Waals surface area contributed by atoms with Crippen LogP contribution in [0.2, 0.25) is 0 Å². The summed E-state index contributed by atoms with van der Waals surface area (Å²) in [6.45, 7) is 0. The first-order valence-electron chi connectivity index (χ1n) is 21.6. The first kappa shape index (κ1) is 34.4. The van der Waals surface area contributed by atoms with Crippen LogP contribution in [0.25, 0.3) is 71.3 Å². The molecule has 10 aromatic carbocycles. The Morgan fingerprint density at radius 1 is 0.381 bits per heavy atom. The van der Waals surface area contributed by atoms with Gasteiger partial charge >= 0.3 is 0 Å². The molecule has 12 aromatic rings. The number of benzene rings is 10. The van der Waals surface area contributed by atoms with Crippen molar-refractivity contribution in [3.8, 4) is 28.3 Å². The van der Waals surface area contributed by atoms with E-state index >= 15 is 0 Å². The molecule has 0 bridgehead atoms. The number of nitrogens with zero attached hydrogens (tertiary/aromatic N) is 2. The number of para-hydroxylation sites is 4. The van der Waals surface area contributed by atoms with Crippen LogP contribution in [-0.4, -0.2) is 4.57 Å². The Balaban J connectivity index is 1.07. The van der Waals surface area contributed by atoms with Crippen molar-refractivity contribution >= 4 is 71.6 Å². The van der Waals surface area contributed by atoms with E-state index in [9.17, 15) is 0 Å². The summed E-state index contributed by atoms with van der Waals surface area (Å²) in [7, 11) is 0. The molecule has 1 unspecified atom stereocenters. The fraction of sp³-hybridized carbons (Fsp3) is 0.0169. The molecule has 3 heterocycles. The van der Waals surface area contributed by atoms with E-state index in [0.717, 1.165) is 72.8 Å². The first-order valence-corrected chi connectivity index (χ1v) is 21.6. The molecular weight excluding hydrogens is 769 g/mol. The number of fused-ring (bicyclic) bond motifs is 14. The predicted octanol–water partition coefficient (Wildman–Crippen LogP) is 15.8. The van der Waals surface area contributed by atoms with Crippen molar-refractivity contribution in [3.05, 3.63) is 241 Å². The number of furan rings is 1. The minimum Gasteiger partial charge on any atom is -0.457 e. The topological polar surface area (TPSA) is 30.5 Å². The van der Waals surface area contributed by atoms with Gasteiger partial charge in [0, 0.05) is 55.4 Å². The SMILES string of the molecule is c1ccc(-n2c3ccccc3c3cc(N(c4ccc5c(c4)C4(c6ccccc6O5)c5ccccc5-c5cccc6cccc4c56)c4ccc5oc6ccccc6c5c4)ccc32)cc1. The maximum absolute atomic E-state index is 6.96. The minimum absolute atomic E-state index is 0.673. The van der Waals surface area contributed by atoms with Gasteiger partial charge in [-0.05, 0) is 118 Å². The van der Waals surface area contributed by atoms with Crippen LogP contribution in [0, 0.1) is 0 Å². The van der Waals surface area contributed by atoms with Crippen LogP contribution in [-0.2, 0) is 5.41 Å². The second-order valence-corrected chi connectivity index (χ2v) is 16.8. The summed E-state index contributed by atoms with van der Waals surface area (Å²) < 4.78 is 15.7. The van der Waals surface area contributed by atoms with Gasteiger partial charge in [0.15, 0.2) is 0 Å². The van der Waals surface area contributed by atoms with Gasteiger partial charge in [-0.25, -0.2) is 0 Å². The average Bonchev–Trinajstić information content (AvgIpc) is 3.88. The highest BCUT2D eigenvalue weighted by atomic mass is 16.5. The molecule has 0 fully saturated rings. The lowest BCUT2D eigenvalue weighted by Gasteiger charge is -2.45. The first-order chi connectivity index (χ1) is 31.2. The third-order valence-corrected chi connectivity index (χ3v) is 13.6. The van der Waals surface area contributed by atoms with E-state index in [4.69, 9.17) is 9.15 Å². The molecule has 0 radical (unpaired) electrons. The zero-order valence-corrected chi connectivity index (χ0v) is 34.0. The number of anilines is 3. The van der Waals surface area contributed by atoms with Gasteiger partial charge in [-0.15, -0.1) is 0 Å². The number of aromatic nitrogens is 1. The Hall–Kier alpha value is -8.34. The Labute approximate surface area is 363 Å². The van der Waals surface area contributed by atoms with Crippen molar-refractivity contribution in [1.29, 1.82) is 0 Å². The molecule has 4 nitrogen and oxygen atoms in total. The van der Waals surface area contributed by atoms with Crippen LogP contribution < -0.4 is 9.64 Å². The second kappa shape index (κ2) is 12.8. The van der Waals surface area contributed by atoms with Crippen molar-refractivity contribution in [2.45, 2.75) is 5.41 Å². The standard InChI is InChI=1S/C59H36N2O2/c1-2-16-38(17-3-1)61-52-25-9-5-19-43(52)46-34-39(28-31-53(46)61)60(40-29-32-55-47(35-40)44-20-6-10-26-54(44)62-55)41-30-33-57-51(36-41)59(49-23-8-11-27-56(49)63-57)48-22-7-4-18-42(48)45-21-12-14-37-15-13-24-50(59)58(37)45/h1-36H. The van der Waals surface area contributed by atoms with Gasteiger partial charge in [-0.2, -0.15) is 0 Å². The molecular formula is C59H36N2O2. The summed E-state index contributed by atoms with van der Waals surface area (Å²) in [5, 5.41) is 7.06. The summed E-state index contributed by atoms with van der Waals surface area (Å²) in [5.74, 6) is 1.72. The molecule has 0 saturated carbocycles. The highest BCUT2D eigenvalue weighted by molar-refractivity contribution is 6.12. The molecule has 1 aliphatic carbocycles. The van der Waals surface area contributed by atoms with Crippen molar-refractivity contribution < 1.29 is 9.15 Å². The van der Waals surface area contributed by atoms with E-state index in [1.54, 1.807) is 0 Å². The van der Waals surface area contributed by atoms with E-state index in [-0.39, 0.29) is 0 Å². The zero-order chi connectivity index (χ0) is 41.2. The van der Waals surface area contributed by atoms with Gasteiger partial charge in [-0.3, -0.25) is 0 Å². The van der Waals surface area contributed by atoms with Crippen LogP contribution in [0.4, 0.5) is 17.1 Å². The number of hydrogen-bond donors (Lipinski definition) is 0. The van der Waals surface area contributed by atoms with Crippen LogP contribution in [0.5, 0.6) is 11.5 Å². The Kier molecular flexibility index (Phi) is 7.01. The van der Waals surface area contributed by atoms with Gasteiger partial charge < -0.3 is 18.6 Å². The van der Waals surface area contributed by atoms with Crippen LogP contribution in [0.3, 0.4) is 0 Å². The van der Waals surface area contributed by atoms with E-state index in [1.807, 2.05) is 12.1 Å². The van der Waals surface area contributed by atoms with E-state index in [2.05, 4.69) is 216 Å². The lowest BCUT2D eigenvalue weighted by Crippen LogP contribution is -2.36. The maximum Gasteiger partial charge on any atom is 0.135 e. The molecule has 63 heavy (non-hydrogen) atoms. The third kappa shape index (κ3) is 4.69. The molecule has 1 atom stereocenters. The Morgan fingerprint density at radius 2 is 1.00 bits per heavy atom. The van der Waals surface area contributed by atoms with Gasteiger partial charge in [0.1, 0.15) is 22.7 Å². The van der Waals surface area contributed by atoms with Crippen molar-refractivity contribution in [1.82, 2.24) is 4.57 Å². The molecule has 0 saturated heterocycles. The smallest absolute Gasteiger partial charge is 0.135 e. The molecule has 2 aliphatic rings. The number of ether oxygens (including phenoxy) is 1. The van der Waals surface area contributed by atoms with Gasteiger partial charge in [0.05, 0.1) is 16.4 Å². The molecule has 1 aliphatic heterocycles. The van der Waals surface area contributed by atoms with E-state index < -0.39 is 5.41 Å². The predicted molar refractivity (Wildman–Crippen MR) is 258 cm³/mol. The van der Waals surface area contributed by atoms with E-state index in [0.29, 0.717) is 0 Å². The lowest BCUT2D eigenvalue weighted by atomic mass is 9.58. The van der Waals surface area contributed by atoms with Crippen molar-refractivity contribution in [3.63, 3.8) is 0 Å². The summed E-state index contributed by atoms with van der Waals surface area (Å²) in [5.41, 5.74) is 14.9. The van der Waals surface area contributed by atoms with E-state index in [1.165, 1.54) is 49.3 Å². The summed E-state index contributed by atoms with van der Waals surface area (Å²) in [6.07, 6.45) is 0. The van der Waals surface area contributed by atoms with Gasteiger partial charge in [0.25, 0.3) is 0 Å². The summed E-state index contributed by atoms with van der Waals surface area (Å²) >= 11 is 0. The molecule has 4 heteroatoms. The fourth-order valence-corrected chi connectivity index (χ4v) is 11.1. The molecule has 14 rings (SSSR count). The maximum atomic E-state index is 6.96. The highest BCUT2D eigenvalue weighted by Crippen LogP contribution is 2.62. The van der Waals surface area contributed by atoms with Gasteiger partial charge in [-0.1, -0.05) is 133 Å². The summed E-state index contributed by atoms with van der Waals surface area (Å²) in [4.78, 5) is 2.41. The molecule has 2 aromatic heterocycles. The molecule has 0 N–H and O–H groups in total. The minimum atomic E-state index is -0.673. The number of hydrogen-bond acceptors (Lipinski definition) is 3. The van der Waals surface area contributed by atoms with Crippen LogP contribution in [0.15, 0.2) is 223 Å². The van der Waals surface area contributed by atoms with Gasteiger partial charge in [0.2, 0.25) is 0 Å².